The van der Waals surface area contributed by atoms with Gasteiger partial charge in [-0.2, -0.15) is 0 Å². The number of halogens is 1. The number of hydrogen-bond acceptors (Lipinski definition) is 5. The molecular formula is C19H20FN3O4. The van der Waals surface area contributed by atoms with Gasteiger partial charge in [-0.15, -0.1) is 0 Å². The zero-order chi connectivity index (χ0) is 19.4. The predicted molar refractivity (Wildman–Crippen MR) is 96.1 cm³/mol. The molecule has 0 spiro atoms. The maximum Gasteiger partial charge on any atom is 0.270 e. The van der Waals surface area contributed by atoms with Crippen LogP contribution in [-0.2, 0) is 6.61 Å². The number of carbonyl (C=O) groups excluding carboxylic acids is 1. The van der Waals surface area contributed by atoms with E-state index in [1.165, 1.54) is 6.07 Å². The minimum atomic E-state index is -0.761. The van der Waals surface area contributed by atoms with Crippen molar-refractivity contribution < 1.29 is 24.1 Å². The number of nitrogens with one attached hydrogen (secondary N) is 1. The number of hydrogen-bond donors (Lipinski definition) is 3. The topological polar surface area (TPSA) is 96.1 Å². The number of benzene rings is 1. The second-order valence-electron chi connectivity index (χ2n) is 6.03. The van der Waals surface area contributed by atoms with Gasteiger partial charge in [0.25, 0.3) is 5.91 Å². The average Bonchev–Trinajstić information content (AvgIpc) is 3.01. The first-order chi connectivity index (χ1) is 13.0. The molecule has 142 valence electrons. The number of aliphatic hydroxyl groups is 2. The maximum absolute atomic E-state index is 13.8. The summed E-state index contributed by atoms with van der Waals surface area (Å²) in [4.78, 5) is 16.9. The molecule has 1 aromatic carbocycles. The number of aryl methyl sites for hydroxylation is 1. The Morgan fingerprint density at radius 2 is 2.00 bits per heavy atom. The Balaban J connectivity index is 1.89. The SMILES string of the molecule is Cc1nc2c(OCc3ccccc3F)cccn2c1C(=O)NC(CO)CO. The summed E-state index contributed by atoms with van der Waals surface area (Å²) in [5, 5.41) is 20.9. The van der Waals surface area contributed by atoms with E-state index in [0.717, 1.165) is 0 Å². The van der Waals surface area contributed by atoms with E-state index in [2.05, 4.69) is 10.3 Å². The molecule has 3 rings (SSSR count). The van der Waals surface area contributed by atoms with Gasteiger partial charge in [0.1, 0.15) is 18.1 Å². The summed E-state index contributed by atoms with van der Waals surface area (Å²) in [5.74, 6) is -0.425. The van der Waals surface area contributed by atoms with Gasteiger partial charge in [-0.1, -0.05) is 18.2 Å². The van der Waals surface area contributed by atoms with E-state index < -0.39 is 11.9 Å². The van der Waals surface area contributed by atoms with E-state index in [1.54, 1.807) is 47.9 Å². The maximum atomic E-state index is 13.8. The van der Waals surface area contributed by atoms with E-state index in [-0.39, 0.29) is 31.3 Å². The monoisotopic (exact) mass is 373 g/mol. The summed E-state index contributed by atoms with van der Waals surface area (Å²) in [5.41, 5.74) is 1.56. The number of pyridine rings is 1. The molecule has 0 saturated carbocycles. The lowest BCUT2D eigenvalue weighted by Crippen LogP contribution is -2.40. The molecule has 7 nitrogen and oxygen atoms in total. The van der Waals surface area contributed by atoms with Crippen molar-refractivity contribution >= 4 is 11.6 Å². The Morgan fingerprint density at radius 1 is 1.26 bits per heavy atom. The fraction of sp³-hybridized carbons (Fsp3) is 0.263. The van der Waals surface area contributed by atoms with Crippen molar-refractivity contribution in [1.82, 2.24) is 14.7 Å². The van der Waals surface area contributed by atoms with Gasteiger partial charge >= 0.3 is 0 Å². The molecule has 8 heteroatoms. The number of rotatable bonds is 7. The molecule has 3 N–H and O–H groups in total. The number of imidazole rings is 1. The van der Waals surface area contributed by atoms with Crippen LogP contribution in [0.4, 0.5) is 4.39 Å². The summed E-state index contributed by atoms with van der Waals surface area (Å²) in [6, 6.07) is 8.95. The Bertz CT molecular complexity index is 953. The first kappa shape index (κ1) is 18.8. The molecule has 0 fully saturated rings. The number of amides is 1. The van der Waals surface area contributed by atoms with E-state index >= 15 is 0 Å². The lowest BCUT2D eigenvalue weighted by atomic mass is 10.2. The first-order valence-corrected chi connectivity index (χ1v) is 8.41. The standard InChI is InChI=1S/C19H20FN3O4/c1-12-17(19(26)22-14(9-24)10-25)23-8-4-7-16(18(23)21-12)27-11-13-5-2-3-6-15(13)20/h2-8,14,24-25H,9-11H2,1H3,(H,22,26). The van der Waals surface area contributed by atoms with Crippen molar-refractivity contribution in [1.29, 1.82) is 0 Å². The van der Waals surface area contributed by atoms with Crippen molar-refractivity contribution in [2.45, 2.75) is 19.6 Å². The number of fused-ring (bicyclic) bond motifs is 1. The highest BCUT2D eigenvalue weighted by molar-refractivity contribution is 5.95. The molecule has 0 unspecified atom stereocenters. The van der Waals surface area contributed by atoms with Crippen molar-refractivity contribution in [2.24, 2.45) is 0 Å². The fourth-order valence-corrected chi connectivity index (χ4v) is 2.72. The van der Waals surface area contributed by atoms with Gasteiger partial charge in [0.2, 0.25) is 0 Å². The zero-order valence-electron chi connectivity index (χ0n) is 14.7. The summed E-state index contributed by atoms with van der Waals surface area (Å²) < 4.78 is 21.1. The molecule has 27 heavy (non-hydrogen) atoms. The van der Waals surface area contributed by atoms with Crippen molar-refractivity contribution in [3.63, 3.8) is 0 Å². The second-order valence-corrected chi connectivity index (χ2v) is 6.03. The van der Waals surface area contributed by atoms with Crippen LogP contribution in [0.15, 0.2) is 42.6 Å². The summed E-state index contributed by atoms with van der Waals surface area (Å²) >= 11 is 0. The minimum absolute atomic E-state index is 0.0247. The van der Waals surface area contributed by atoms with Crippen LogP contribution in [0.3, 0.4) is 0 Å². The molecule has 2 heterocycles. The number of aromatic nitrogens is 2. The smallest absolute Gasteiger partial charge is 0.270 e. The molecule has 0 aliphatic heterocycles. The normalized spacial score (nSPS) is 11.1. The molecular weight excluding hydrogens is 353 g/mol. The third-order valence-corrected chi connectivity index (χ3v) is 4.12. The summed E-state index contributed by atoms with van der Waals surface area (Å²) in [7, 11) is 0. The van der Waals surface area contributed by atoms with Crippen LogP contribution in [0.1, 0.15) is 21.7 Å². The molecule has 0 atom stereocenters. The van der Waals surface area contributed by atoms with Crippen LogP contribution in [-0.4, -0.2) is 44.8 Å². The van der Waals surface area contributed by atoms with Crippen LogP contribution < -0.4 is 10.1 Å². The zero-order valence-corrected chi connectivity index (χ0v) is 14.7. The van der Waals surface area contributed by atoms with Crippen LogP contribution in [0.25, 0.3) is 5.65 Å². The van der Waals surface area contributed by atoms with Gasteiger partial charge in [0.05, 0.1) is 24.9 Å². The van der Waals surface area contributed by atoms with Gasteiger partial charge in [0.15, 0.2) is 11.4 Å². The molecule has 0 bridgehead atoms. The molecule has 0 saturated heterocycles. The Kier molecular flexibility index (Phi) is 5.68. The molecule has 2 aromatic heterocycles. The van der Waals surface area contributed by atoms with E-state index in [1.807, 2.05) is 0 Å². The lowest BCUT2D eigenvalue weighted by Gasteiger charge is -2.13. The van der Waals surface area contributed by atoms with Crippen LogP contribution in [0.5, 0.6) is 5.75 Å². The van der Waals surface area contributed by atoms with Crippen molar-refractivity contribution in [3.8, 4) is 5.75 Å². The van der Waals surface area contributed by atoms with Crippen LogP contribution in [0, 0.1) is 12.7 Å². The van der Waals surface area contributed by atoms with E-state index in [4.69, 9.17) is 14.9 Å². The van der Waals surface area contributed by atoms with Crippen LogP contribution >= 0.6 is 0 Å². The third kappa shape index (κ3) is 3.91. The Labute approximate surface area is 155 Å². The predicted octanol–water partition coefficient (Wildman–Crippen LogP) is 1.44. The summed E-state index contributed by atoms with van der Waals surface area (Å²) in [6.07, 6.45) is 1.66. The van der Waals surface area contributed by atoms with E-state index in [0.29, 0.717) is 22.7 Å². The average molecular weight is 373 g/mol. The van der Waals surface area contributed by atoms with Gasteiger partial charge < -0.3 is 20.3 Å². The third-order valence-electron chi connectivity index (χ3n) is 4.12. The second kappa shape index (κ2) is 8.15. The number of ether oxygens (including phenoxy) is 1. The largest absolute Gasteiger partial charge is 0.485 e. The number of carbonyl (C=O) groups is 1. The van der Waals surface area contributed by atoms with Crippen molar-refractivity contribution in [3.05, 3.63) is 65.4 Å². The highest BCUT2D eigenvalue weighted by Crippen LogP contribution is 2.23. The van der Waals surface area contributed by atoms with Crippen molar-refractivity contribution in [2.75, 3.05) is 13.2 Å². The Morgan fingerprint density at radius 3 is 2.70 bits per heavy atom. The van der Waals surface area contributed by atoms with Gasteiger partial charge in [0, 0.05) is 11.8 Å². The van der Waals surface area contributed by atoms with Crippen LogP contribution in [0.2, 0.25) is 0 Å². The number of aliphatic hydroxyl groups excluding tert-OH is 2. The minimum Gasteiger partial charge on any atom is -0.485 e. The first-order valence-electron chi connectivity index (χ1n) is 8.41. The lowest BCUT2D eigenvalue weighted by molar-refractivity contribution is 0.0873. The fourth-order valence-electron chi connectivity index (χ4n) is 2.72. The summed E-state index contributed by atoms with van der Waals surface area (Å²) in [6.45, 7) is 0.941. The quantitative estimate of drug-likeness (QED) is 0.583. The van der Waals surface area contributed by atoms with Gasteiger partial charge in [-0.3, -0.25) is 9.20 Å². The molecule has 1 amide bonds. The Hall–Kier alpha value is -2.97. The number of nitrogens with zero attached hydrogens (tertiary/aromatic N) is 2. The molecule has 0 aliphatic rings. The van der Waals surface area contributed by atoms with Gasteiger partial charge in [-0.05, 0) is 25.1 Å². The van der Waals surface area contributed by atoms with E-state index in [9.17, 15) is 9.18 Å². The molecule has 0 aliphatic carbocycles. The highest BCUT2D eigenvalue weighted by atomic mass is 19.1. The molecule has 3 aromatic rings. The highest BCUT2D eigenvalue weighted by Gasteiger charge is 2.21. The van der Waals surface area contributed by atoms with Gasteiger partial charge in [-0.25, -0.2) is 9.37 Å². The molecule has 0 radical (unpaired) electrons.